The van der Waals surface area contributed by atoms with Gasteiger partial charge in [0.05, 0.1) is 0 Å². The van der Waals surface area contributed by atoms with E-state index in [1.165, 1.54) is 0 Å². The van der Waals surface area contributed by atoms with Crippen LogP contribution in [0.1, 0.15) is 24.1 Å². The highest BCUT2D eigenvalue weighted by Gasteiger charge is 2.38. The van der Waals surface area contributed by atoms with E-state index in [1.807, 2.05) is 63.7 Å². The van der Waals surface area contributed by atoms with Gasteiger partial charge in [0.2, 0.25) is 5.91 Å². The van der Waals surface area contributed by atoms with Crippen molar-refractivity contribution in [2.24, 2.45) is 5.92 Å². The fourth-order valence-corrected chi connectivity index (χ4v) is 4.91. The average molecular weight is 411 g/mol. The smallest absolute Gasteiger partial charge is 0.260 e. The van der Waals surface area contributed by atoms with E-state index in [-0.39, 0.29) is 24.5 Å². The first-order valence-corrected chi connectivity index (χ1v) is 11.1. The third-order valence-electron chi connectivity index (χ3n) is 5.74. The van der Waals surface area contributed by atoms with E-state index in [4.69, 9.17) is 4.74 Å². The summed E-state index contributed by atoms with van der Waals surface area (Å²) in [4.78, 5) is 30.4. The number of fused-ring (bicyclic) bond motifs is 1. The molecule has 1 aromatic carbocycles. The minimum atomic E-state index is 0.0216. The molecule has 2 aliphatic rings. The van der Waals surface area contributed by atoms with Crippen molar-refractivity contribution in [3.8, 4) is 5.75 Å². The number of hydrogen-bond acceptors (Lipinski definition) is 4. The average Bonchev–Trinajstić information content (AvgIpc) is 3.29. The quantitative estimate of drug-likeness (QED) is 0.707. The number of carbonyl (C=O) groups is 2. The Hall–Kier alpha value is -2.60. The first kappa shape index (κ1) is 19.7. The number of benzene rings is 1. The highest BCUT2D eigenvalue weighted by Crippen LogP contribution is 2.31. The number of piperidine rings is 2. The summed E-state index contributed by atoms with van der Waals surface area (Å²) in [6, 6.07) is 13.6. The highest BCUT2D eigenvalue weighted by molar-refractivity contribution is 7.10. The Bertz CT molecular complexity index is 850. The Balaban J connectivity index is 1.32. The van der Waals surface area contributed by atoms with Crippen LogP contribution in [0.5, 0.6) is 5.75 Å². The first-order valence-electron chi connectivity index (χ1n) is 10.2. The normalized spacial score (nSPS) is 21.8. The molecular formula is C23H26N2O3S. The zero-order chi connectivity index (χ0) is 20.1. The van der Waals surface area contributed by atoms with Crippen molar-refractivity contribution in [2.75, 3.05) is 26.2 Å². The Labute approximate surface area is 175 Å². The maximum atomic E-state index is 12.8. The van der Waals surface area contributed by atoms with Gasteiger partial charge in [-0.1, -0.05) is 24.3 Å². The number of nitrogens with zero attached hydrogens (tertiary/aromatic N) is 2. The molecule has 4 rings (SSSR count). The third kappa shape index (κ3) is 4.88. The molecule has 6 heteroatoms. The van der Waals surface area contributed by atoms with Gasteiger partial charge in [0.15, 0.2) is 6.61 Å². The summed E-state index contributed by atoms with van der Waals surface area (Å²) in [6.45, 7) is 2.25. The van der Waals surface area contributed by atoms with Gasteiger partial charge in [0.1, 0.15) is 5.75 Å². The van der Waals surface area contributed by atoms with Crippen molar-refractivity contribution in [1.82, 2.24) is 9.80 Å². The molecular weight excluding hydrogens is 384 g/mol. The molecule has 2 atom stereocenters. The second-order valence-electron chi connectivity index (χ2n) is 7.58. The summed E-state index contributed by atoms with van der Waals surface area (Å²) in [5, 5.41) is 2.01. The third-order valence-corrected chi connectivity index (χ3v) is 6.58. The minimum Gasteiger partial charge on any atom is -0.484 e. The summed E-state index contributed by atoms with van der Waals surface area (Å²) < 4.78 is 5.62. The van der Waals surface area contributed by atoms with Gasteiger partial charge in [-0.2, -0.15) is 0 Å². The molecule has 152 valence electrons. The fourth-order valence-electron chi connectivity index (χ4n) is 4.29. The van der Waals surface area contributed by atoms with Gasteiger partial charge >= 0.3 is 0 Å². The Kier molecular flexibility index (Phi) is 6.30. The van der Waals surface area contributed by atoms with Crippen LogP contribution < -0.4 is 4.74 Å². The van der Waals surface area contributed by atoms with Gasteiger partial charge in [-0.15, -0.1) is 11.3 Å². The van der Waals surface area contributed by atoms with E-state index >= 15 is 0 Å². The monoisotopic (exact) mass is 410 g/mol. The van der Waals surface area contributed by atoms with E-state index in [1.54, 1.807) is 17.4 Å². The molecule has 2 fully saturated rings. The maximum absolute atomic E-state index is 12.8. The zero-order valence-corrected chi connectivity index (χ0v) is 17.2. The molecule has 0 bridgehead atoms. The summed E-state index contributed by atoms with van der Waals surface area (Å²) in [5.74, 6) is 1.16. The van der Waals surface area contributed by atoms with Crippen LogP contribution in [0.4, 0.5) is 0 Å². The molecule has 2 amide bonds. The van der Waals surface area contributed by atoms with Crippen LogP contribution in [0.15, 0.2) is 53.9 Å². The lowest BCUT2D eigenvalue weighted by Gasteiger charge is -2.47. The topological polar surface area (TPSA) is 49.9 Å². The number of rotatable bonds is 5. The summed E-state index contributed by atoms with van der Waals surface area (Å²) in [5.41, 5.74) is 0. The SMILES string of the molecule is O=C(COc1ccccc1)N1CC[C@H]2[C@H](CCCN2C(=O)/C=C/c2cccs2)C1. The van der Waals surface area contributed by atoms with Gasteiger partial charge in [-0.05, 0) is 54.8 Å². The molecule has 0 saturated carbocycles. The molecule has 29 heavy (non-hydrogen) atoms. The van der Waals surface area contributed by atoms with E-state index in [2.05, 4.69) is 0 Å². The lowest BCUT2D eigenvalue weighted by molar-refractivity contribution is -0.140. The van der Waals surface area contributed by atoms with Gasteiger partial charge in [-0.3, -0.25) is 9.59 Å². The van der Waals surface area contributed by atoms with Gasteiger partial charge in [0.25, 0.3) is 5.91 Å². The van der Waals surface area contributed by atoms with Crippen molar-refractivity contribution >= 4 is 29.2 Å². The van der Waals surface area contributed by atoms with Crippen LogP contribution in [-0.4, -0.2) is 53.9 Å². The van der Waals surface area contributed by atoms with Crippen molar-refractivity contribution in [3.63, 3.8) is 0 Å². The van der Waals surface area contributed by atoms with Crippen LogP contribution in [0.25, 0.3) is 6.08 Å². The van der Waals surface area contributed by atoms with E-state index in [0.29, 0.717) is 24.8 Å². The van der Waals surface area contributed by atoms with Gasteiger partial charge in [-0.25, -0.2) is 0 Å². The molecule has 0 spiro atoms. The van der Waals surface area contributed by atoms with E-state index < -0.39 is 0 Å². The molecule has 0 unspecified atom stereocenters. The molecule has 2 aromatic rings. The molecule has 2 aliphatic heterocycles. The lowest BCUT2D eigenvalue weighted by Crippen LogP contribution is -2.56. The number of hydrogen-bond donors (Lipinski definition) is 0. The molecule has 2 saturated heterocycles. The van der Waals surface area contributed by atoms with Crippen molar-refractivity contribution in [3.05, 3.63) is 58.8 Å². The van der Waals surface area contributed by atoms with Gasteiger partial charge < -0.3 is 14.5 Å². The molecule has 3 heterocycles. The second kappa shape index (κ2) is 9.27. The van der Waals surface area contributed by atoms with E-state index in [9.17, 15) is 9.59 Å². The van der Waals surface area contributed by atoms with Crippen molar-refractivity contribution < 1.29 is 14.3 Å². The first-order chi connectivity index (χ1) is 14.2. The Morgan fingerprint density at radius 2 is 1.97 bits per heavy atom. The van der Waals surface area contributed by atoms with Crippen LogP contribution in [0.2, 0.25) is 0 Å². The van der Waals surface area contributed by atoms with Crippen LogP contribution in [-0.2, 0) is 9.59 Å². The molecule has 0 radical (unpaired) electrons. The van der Waals surface area contributed by atoms with Crippen molar-refractivity contribution in [2.45, 2.75) is 25.3 Å². The van der Waals surface area contributed by atoms with Crippen LogP contribution in [0.3, 0.4) is 0 Å². The van der Waals surface area contributed by atoms with Gasteiger partial charge in [0, 0.05) is 36.6 Å². The molecule has 0 N–H and O–H groups in total. The highest BCUT2D eigenvalue weighted by atomic mass is 32.1. The molecule has 0 aliphatic carbocycles. The number of likely N-dealkylation sites (tertiary alicyclic amines) is 2. The minimum absolute atomic E-state index is 0.0216. The lowest BCUT2D eigenvalue weighted by atomic mass is 9.83. The number of ether oxygens (including phenoxy) is 1. The van der Waals surface area contributed by atoms with Crippen molar-refractivity contribution in [1.29, 1.82) is 0 Å². The Morgan fingerprint density at radius 3 is 2.76 bits per heavy atom. The zero-order valence-electron chi connectivity index (χ0n) is 16.4. The number of thiophene rings is 1. The number of amides is 2. The standard InChI is InChI=1S/C23H26N2O3S/c26-22(11-10-20-9-5-15-29-20)25-13-4-6-18-16-24(14-12-21(18)25)23(27)17-28-19-7-2-1-3-8-19/h1-3,5,7-11,15,18,21H,4,6,12-14,16-17H2/b11-10+/t18-,21+/m1/s1. The predicted molar refractivity (Wildman–Crippen MR) is 115 cm³/mol. The number of para-hydroxylation sites is 1. The largest absolute Gasteiger partial charge is 0.484 e. The number of carbonyl (C=O) groups excluding carboxylic acids is 2. The second-order valence-corrected chi connectivity index (χ2v) is 8.56. The predicted octanol–water partition coefficient (Wildman–Crippen LogP) is 3.68. The summed E-state index contributed by atoms with van der Waals surface area (Å²) in [7, 11) is 0. The van der Waals surface area contributed by atoms with Crippen LogP contribution in [0, 0.1) is 5.92 Å². The van der Waals surface area contributed by atoms with Crippen LogP contribution >= 0.6 is 11.3 Å². The fraction of sp³-hybridized carbons (Fsp3) is 0.391. The summed E-state index contributed by atoms with van der Waals surface area (Å²) in [6.07, 6.45) is 6.48. The van der Waals surface area contributed by atoms with E-state index in [0.717, 1.165) is 30.7 Å². The maximum Gasteiger partial charge on any atom is 0.260 e. The molecule has 5 nitrogen and oxygen atoms in total. The summed E-state index contributed by atoms with van der Waals surface area (Å²) >= 11 is 1.63. The molecule has 1 aromatic heterocycles. The Morgan fingerprint density at radius 1 is 1.10 bits per heavy atom.